The fourth-order valence-corrected chi connectivity index (χ4v) is 0.521. The molecule has 0 heterocycles. The number of rotatable bonds is 4. The first-order valence-electron chi connectivity index (χ1n) is 3.53. The third-order valence-electron chi connectivity index (χ3n) is 1.08. The van der Waals surface area contributed by atoms with Crippen LogP contribution in [0, 0.1) is 0 Å². The highest BCUT2D eigenvalue weighted by Gasteiger charge is 2.03. The lowest BCUT2D eigenvalue weighted by Crippen LogP contribution is -2.17. The molecule has 0 saturated heterocycles. The SMILES string of the molecule is CCCCOC(=S)C(C)O. The minimum absolute atomic E-state index is 0.299. The van der Waals surface area contributed by atoms with Crippen molar-refractivity contribution in [1.29, 1.82) is 0 Å². The normalized spacial score (nSPS) is 12.7. The zero-order valence-corrected chi connectivity index (χ0v) is 7.28. The summed E-state index contributed by atoms with van der Waals surface area (Å²) in [6.07, 6.45) is 1.46. The van der Waals surface area contributed by atoms with Crippen molar-refractivity contribution >= 4 is 17.3 Å². The predicted molar refractivity (Wildman–Crippen MR) is 45.1 cm³/mol. The van der Waals surface area contributed by atoms with E-state index in [1.165, 1.54) is 0 Å². The van der Waals surface area contributed by atoms with Crippen molar-refractivity contribution in [2.45, 2.75) is 32.8 Å². The number of aliphatic hydroxyl groups is 1. The molecule has 0 amide bonds. The Labute approximate surface area is 67.2 Å². The highest BCUT2D eigenvalue weighted by molar-refractivity contribution is 7.80. The second-order valence-electron chi connectivity index (χ2n) is 2.20. The van der Waals surface area contributed by atoms with Crippen molar-refractivity contribution in [2.75, 3.05) is 6.61 Å². The molecular weight excluding hydrogens is 148 g/mol. The van der Waals surface area contributed by atoms with Gasteiger partial charge in [0.05, 0.1) is 6.61 Å². The summed E-state index contributed by atoms with van der Waals surface area (Å²) >= 11 is 4.72. The van der Waals surface area contributed by atoms with Gasteiger partial charge in [-0.3, -0.25) is 0 Å². The lowest BCUT2D eigenvalue weighted by Gasteiger charge is -2.07. The maximum atomic E-state index is 8.85. The summed E-state index contributed by atoms with van der Waals surface area (Å²) < 4.78 is 5.03. The van der Waals surface area contributed by atoms with Gasteiger partial charge in [0.25, 0.3) is 0 Å². The van der Waals surface area contributed by atoms with Crippen LogP contribution in [0.3, 0.4) is 0 Å². The average Bonchev–Trinajstić information content (AvgIpc) is 1.88. The summed E-state index contributed by atoms with van der Waals surface area (Å²) in [7, 11) is 0. The van der Waals surface area contributed by atoms with Gasteiger partial charge in [-0.15, -0.1) is 0 Å². The molecule has 1 N–H and O–H groups in total. The molecule has 0 rings (SSSR count). The largest absolute Gasteiger partial charge is 0.484 e. The number of thiocarbonyl (C=S) groups is 1. The third-order valence-corrected chi connectivity index (χ3v) is 1.54. The van der Waals surface area contributed by atoms with Gasteiger partial charge in [-0.05, 0) is 25.6 Å². The zero-order valence-electron chi connectivity index (χ0n) is 6.46. The van der Waals surface area contributed by atoms with Crippen LogP contribution in [0.15, 0.2) is 0 Å². The molecule has 60 valence electrons. The van der Waals surface area contributed by atoms with E-state index in [-0.39, 0.29) is 0 Å². The first-order chi connectivity index (χ1) is 4.68. The number of hydrogen-bond donors (Lipinski definition) is 1. The van der Waals surface area contributed by atoms with Crippen LogP contribution in [0.4, 0.5) is 0 Å². The number of hydrogen-bond acceptors (Lipinski definition) is 3. The second kappa shape index (κ2) is 5.62. The summed E-state index contributed by atoms with van der Waals surface area (Å²) in [5.41, 5.74) is 0. The first kappa shape index (κ1) is 9.85. The molecular formula is C7H14O2S. The van der Waals surface area contributed by atoms with Crippen LogP contribution >= 0.6 is 12.2 Å². The average molecular weight is 162 g/mol. The highest BCUT2D eigenvalue weighted by Crippen LogP contribution is 1.93. The van der Waals surface area contributed by atoms with E-state index in [9.17, 15) is 0 Å². The third kappa shape index (κ3) is 4.70. The lowest BCUT2D eigenvalue weighted by atomic mass is 10.3. The topological polar surface area (TPSA) is 29.5 Å². The summed E-state index contributed by atoms with van der Waals surface area (Å²) in [5.74, 6) is 0. The van der Waals surface area contributed by atoms with Crippen molar-refractivity contribution in [1.82, 2.24) is 0 Å². The Morgan fingerprint density at radius 3 is 2.70 bits per heavy atom. The fraction of sp³-hybridized carbons (Fsp3) is 0.857. The fourth-order valence-electron chi connectivity index (χ4n) is 0.438. The molecule has 0 aliphatic carbocycles. The Balaban J connectivity index is 3.22. The molecule has 0 fully saturated rings. The van der Waals surface area contributed by atoms with Gasteiger partial charge < -0.3 is 9.84 Å². The Kier molecular flexibility index (Phi) is 5.54. The van der Waals surface area contributed by atoms with Crippen molar-refractivity contribution in [3.63, 3.8) is 0 Å². The first-order valence-corrected chi connectivity index (χ1v) is 3.94. The van der Waals surface area contributed by atoms with Crippen LogP contribution in [-0.2, 0) is 4.74 Å². The van der Waals surface area contributed by atoms with Gasteiger partial charge in [-0.25, -0.2) is 0 Å². The standard InChI is InChI=1S/C7H14O2S/c1-3-4-5-9-7(10)6(2)8/h6,8H,3-5H2,1-2H3. The molecule has 1 atom stereocenters. The molecule has 0 aromatic rings. The van der Waals surface area contributed by atoms with Crippen molar-refractivity contribution in [3.8, 4) is 0 Å². The van der Waals surface area contributed by atoms with Gasteiger partial charge in [-0.1, -0.05) is 13.3 Å². The molecule has 0 aromatic heterocycles. The second-order valence-corrected chi connectivity index (χ2v) is 2.60. The molecule has 0 bridgehead atoms. The van der Waals surface area contributed by atoms with E-state index in [0.717, 1.165) is 12.8 Å². The molecule has 2 nitrogen and oxygen atoms in total. The molecule has 0 saturated carbocycles. The van der Waals surface area contributed by atoms with Gasteiger partial charge in [0.1, 0.15) is 6.10 Å². The zero-order chi connectivity index (χ0) is 7.98. The maximum absolute atomic E-state index is 8.85. The summed E-state index contributed by atoms with van der Waals surface area (Å²) in [6.45, 7) is 4.31. The van der Waals surface area contributed by atoms with E-state index < -0.39 is 6.10 Å². The smallest absolute Gasteiger partial charge is 0.188 e. The van der Waals surface area contributed by atoms with Crippen molar-refractivity contribution in [3.05, 3.63) is 0 Å². The number of ether oxygens (including phenoxy) is 1. The summed E-state index contributed by atoms with van der Waals surface area (Å²) in [5, 5.41) is 9.15. The van der Waals surface area contributed by atoms with E-state index in [0.29, 0.717) is 11.7 Å². The van der Waals surface area contributed by atoms with Gasteiger partial charge in [0, 0.05) is 0 Å². The Morgan fingerprint density at radius 1 is 1.70 bits per heavy atom. The Bertz CT molecular complexity index is 102. The van der Waals surface area contributed by atoms with Gasteiger partial charge in [-0.2, -0.15) is 0 Å². The monoisotopic (exact) mass is 162 g/mol. The van der Waals surface area contributed by atoms with Gasteiger partial charge >= 0.3 is 0 Å². The molecule has 10 heavy (non-hydrogen) atoms. The van der Waals surface area contributed by atoms with E-state index in [1.807, 2.05) is 0 Å². The van der Waals surface area contributed by atoms with Gasteiger partial charge in [0.2, 0.25) is 0 Å². The van der Waals surface area contributed by atoms with Crippen molar-refractivity contribution in [2.24, 2.45) is 0 Å². The number of aliphatic hydroxyl groups excluding tert-OH is 1. The van der Waals surface area contributed by atoms with Crippen LogP contribution in [0.1, 0.15) is 26.7 Å². The van der Waals surface area contributed by atoms with E-state index in [4.69, 9.17) is 22.1 Å². The highest BCUT2D eigenvalue weighted by atomic mass is 32.1. The minimum Gasteiger partial charge on any atom is -0.484 e. The predicted octanol–water partition coefficient (Wildman–Crippen LogP) is 1.51. The molecule has 3 heteroatoms. The van der Waals surface area contributed by atoms with Crippen LogP contribution in [-0.4, -0.2) is 22.9 Å². The molecule has 0 radical (unpaired) electrons. The number of unbranched alkanes of at least 4 members (excludes halogenated alkanes) is 1. The lowest BCUT2D eigenvalue weighted by molar-refractivity contribution is 0.204. The Hall–Kier alpha value is -0.150. The van der Waals surface area contributed by atoms with E-state index in [2.05, 4.69) is 6.92 Å². The van der Waals surface area contributed by atoms with Crippen LogP contribution in [0.25, 0.3) is 0 Å². The summed E-state index contributed by atoms with van der Waals surface area (Å²) in [6, 6.07) is 0. The van der Waals surface area contributed by atoms with E-state index in [1.54, 1.807) is 6.92 Å². The quantitative estimate of drug-likeness (QED) is 0.502. The Morgan fingerprint density at radius 2 is 2.30 bits per heavy atom. The van der Waals surface area contributed by atoms with E-state index >= 15 is 0 Å². The molecule has 0 spiro atoms. The maximum Gasteiger partial charge on any atom is 0.188 e. The van der Waals surface area contributed by atoms with Crippen LogP contribution < -0.4 is 0 Å². The van der Waals surface area contributed by atoms with Crippen LogP contribution in [0.2, 0.25) is 0 Å². The van der Waals surface area contributed by atoms with Crippen molar-refractivity contribution < 1.29 is 9.84 Å². The molecule has 0 aliphatic heterocycles. The van der Waals surface area contributed by atoms with Crippen LogP contribution in [0.5, 0.6) is 0 Å². The molecule has 1 unspecified atom stereocenters. The minimum atomic E-state index is -0.619. The molecule has 0 aliphatic rings. The van der Waals surface area contributed by atoms with Gasteiger partial charge in [0.15, 0.2) is 5.05 Å². The summed E-state index contributed by atoms with van der Waals surface area (Å²) in [4.78, 5) is 0. The molecule has 0 aromatic carbocycles.